The summed E-state index contributed by atoms with van der Waals surface area (Å²) >= 11 is 1.16. The van der Waals surface area contributed by atoms with Gasteiger partial charge in [-0.15, -0.1) is 35.3 Å². The molecule has 0 saturated heterocycles. The number of hydrogen-bond donors (Lipinski definition) is 3. The maximum atomic E-state index is 12.1. The number of hydrogen-bond acceptors (Lipinski definition) is 5. The zero-order valence-electron chi connectivity index (χ0n) is 14.2. The van der Waals surface area contributed by atoms with Gasteiger partial charge in [-0.25, -0.2) is 8.42 Å². The van der Waals surface area contributed by atoms with Crippen LogP contribution in [0.2, 0.25) is 0 Å². The van der Waals surface area contributed by atoms with E-state index < -0.39 is 15.9 Å². The summed E-state index contributed by atoms with van der Waals surface area (Å²) in [6.07, 6.45) is 2.33. The number of halogens is 1. The minimum absolute atomic E-state index is 0. The van der Waals surface area contributed by atoms with Gasteiger partial charge in [0.15, 0.2) is 15.8 Å². The number of rotatable bonds is 10. The molecule has 1 aromatic heterocycles. The van der Waals surface area contributed by atoms with Crippen LogP contribution in [0, 0.1) is 0 Å². The molecule has 6 nitrogen and oxygen atoms in total. The molecule has 0 bridgehead atoms. The first-order valence-electron chi connectivity index (χ1n) is 7.96. The molecule has 1 rings (SSSR count). The second-order valence-electron chi connectivity index (χ2n) is 5.22. The third-order valence-corrected chi connectivity index (χ3v) is 6.38. The van der Waals surface area contributed by atoms with Gasteiger partial charge < -0.3 is 15.7 Å². The zero-order chi connectivity index (χ0) is 17.1. The highest BCUT2D eigenvalue weighted by Gasteiger charge is 2.20. The average Bonchev–Trinajstić information content (AvgIpc) is 3.04. The van der Waals surface area contributed by atoms with Gasteiger partial charge in [0, 0.05) is 13.1 Å². The zero-order valence-corrected chi connectivity index (χ0v) is 18.2. The molecule has 0 spiro atoms. The predicted molar refractivity (Wildman–Crippen MR) is 111 cm³/mol. The van der Waals surface area contributed by atoms with Gasteiger partial charge in [0.2, 0.25) is 0 Å². The lowest BCUT2D eigenvalue weighted by molar-refractivity contribution is 0.206. The van der Waals surface area contributed by atoms with E-state index in [4.69, 9.17) is 0 Å². The van der Waals surface area contributed by atoms with Crippen LogP contribution in [0.15, 0.2) is 26.7 Å². The molecular weight excluding hydrogens is 461 g/mol. The monoisotopic (exact) mass is 489 g/mol. The summed E-state index contributed by atoms with van der Waals surface area (Å²) in [4.78, 5) is 4.26. The number of aliphatic imine (C=N–C) groups is 1. The van der Waals surface area contributed by atoms with Gasteiger partial charge in [-0.3, -0.25) is 4.99 Å². The highest BCUT2D eigenvalue weighted by atomic mass is 127. The van der Waals surface area contributed by atoms with Crippen molar-refractivity contribution in [3.63, 3.8) is 0 Å². The number of aliphatic hydroxyl groups excluding tert-OH is 1. The van der Waals surface area contributed by atoms with E-state index in [9.17, 15) is 13.5 Å². The van der Waals surface area contributed by atoms with E-state index in [-0.39, 0.29) is 40.5 Å². The molecule has 0 fully saturated rings. The van der Waals surface area contributed by atoms with E-state index in [2.05, 4.69) is 22.5 Å². The van der Waals surface area contributed by atoms with Crippen LogP contribution in [0.4, 0.5) is 0 Å². The van der Waals surface area contributed by atoms with Crippen LogP contribution in [-0.4, -0.2) is 51.0 Å². The predicted octanol–water partition coefficient (Wildman–Crippen LogP) is 2.25. The fourth-order valence-corrected chi connectivity index (χ4v) is 4.42. The summed E-state index contributed by atoms with van der Waals surface area (Å²) in [5.41, 5.74) is 0. The van der Waals surface area contributed by atoms with E-state index >= 15 is 0 Å². The first kappa shape index (κ1) is 23.6. The Balaban J connectivity index is 0.00000529. The van der Waals surface area contributed by atoms with E-state index in [1.54, 1.807) is 17.5 Å². The molecule has 0 aliphatic heterocycles. The summed E-state index contributed by atoms with van der Waals surface area (Å²) in [6, 6.07) is 3.24. The Bertz CT molecular complexity index is 563. The minimum Gasteiger partial charge on any atom is -0.390 e. The van der Waals surface area contributed by atoms with Crippen molar-refractivity contribution in [2.24, 2.45) is 4.99 Å². The molecule has 0 radical (unpaired) electrons. The van der Waals surface area contributed by atoms with Gasteiger partial charge in [-0.1, -0.05) is 25.8 Å². The van der Waals surface area contributed by atoms with Gasteiger partial charge in [-0.2, -0.15) is 0 Å². The van der Waals surface area contributed by atoms with Gasteiger partial charge >= 0.3 is 0 Å². The van der Waals surface area contributed by atoms with Crippen molar-refractivity contribution in [1.29, 1.82) is 0 Å². The molecule has 0 aliphatic carbocycles. The van der Waals surface area contributed by atoms with Crippen molar-refractivity contribution in [2.75, 3.05) is 25.4 Å². The van der Waals surface area contributed by atoms with Crippen LogP contribution in [0.3, 0.4) is 0 Å². The smallest absolute Gasteiger partial charge is 0.191 e. The second-order valence-corrected chi connectivity index (χ2v) is 8.43. The Hall–Kier alpha value is -0.390. The molecule has 1 aromatic rings. The third-order valence-electron chi connectivity index (χ3n) is 3.09. The topological polar surface area (TPSA) is 90.8 Å². The van der Waals surface area contributed by atoms with Crippen molar-refractivity contribution >= 4 is 51.1 Å². The van der Waals surface area contributed by atoms with Crippen LogP contribution >= 0.6 is 35.3 Å². The van der Waals surface area contributed by atoms with E-state index in [1.807, 2.05) is 6.92 Å². The molecule has 0 aromatic carbocycles. The molecule has 0 saturated carbocycles. The maximum absolute atomic E-state index is 12.1. The number of sulfone groups is 1. The van der Waals surface area contributed by atoms with E-state index in [1.165, 1.54) is 0 Å². The summed E-state index contributed by atoms with van der Waals surface area (Å²) in [5.74, 6) is 0.294. The molecule has 24 heavy (non-hydrogen) atoms. The molecule has 0 aliphatic rings. The van der Waals surface area contributed by atoms with Crippen molar-refractivity contribution in [3.05, 3.63) is 17.5 Å². The molecule has 1 heterocycles. The number of unbranched alkanes of at least 4 members (excludes halogenated alkanes) is 2. The van der Waals surface area contributed by atoms with Crippen LogP contribution in [-0.2, 0) is 9.84 Å². The standard InChI is InChI=1S/C15H27N3O3S2.HI/c1-3-5-6-9-17-15(16-4-2)18-11-13(19)12-23(20,21)14-8-7-10-22-14;/h7-8,10,13,19H,3-6,9,11-12H2,1-2H3,(H2,16,17,18);1H. The maximum Gasteiger partial charge on any atom is 0.191 e. The SMILES string of the molecule is CCCCCNC(=NCC(O)CS(=O)(=O)c1cccs1)NCC.I. The van der Waals surface area contributed by atoms with Gasteiger partial charge in [0.1, 0.15) is 4.21 Å². The fraction of sp³-hybridized carbons (Fsp3) is 0.667. The molecular formula is C15H28IN3O3S2. The van der Waals surface area contributed by atoms with Crippen molar-refractivity contribution in [1.82, 2.24) is 10.6 Å². The molecule has 1 atom stereocenters. The normalized spacial score (nSPS) is 13.2. The lowest BCUT2D eigenvalue weighted by Crippen LogP contribution is -2.38. The van der Waals surface area contributed by atoms with Gasteiger partial charge in [0.25, 0.3) is 0 Å². The molecule has 0 amide bonds. The Morgan fingerprint density at radius 3 is 2.67 bits per heavy atom. The van der Waals surface area contributed by atoms with E-state index in [0.29, 0.717) is 12.5 Å². The summed E-state index contributed by atoms with van der Waals surface area (Å²) in [7, 11) is -3.44. The Morgan fingerprint density at radius 2 is 2.08 bits per heavy atom. The number of aliphatic hydroxyl groups is 1. The first-order valence-corrected chi connectivity index (χ1v) is 10.5. The summed E-state index contributed by atoms with van der Waals surface area (Å²) in [5, 5.41) is 17.9. The van der Waals surface area contributed by atoms with Crippen molar-refractivity contribution in [3.8, 4) is 0 Å². The Morgan fingerprint density at radius 1 is 1.33 bits per heavy atom. The van der Waals surface area contributed by atoms with Crippen molar-refractivity contribution in [2.45, 2.75) is 43.4 Å². The summed E-state index contributed by atoms with van der Waals surface area (Å²) in [6.45, 7) is 5.67. The molecule has 1 unspecified atom stereocenters. The number of nitrogens with zero attached hydrogens (tertiary/aromatic N) is 1. The molecule has 3 N–H and O–H groups in total. The average molecular weight is 489 g/mol. The second kappa shape index (κ2) is 12.9. The first-order chi connectivity index (χ1) is 11.0. The van der Waals surface area contributed by atoms with Gasteiger partial charge in [0.05, 0.1) is 18.4 Å². The number of nitrogens with one attached hydrogen (secondary N) is 2. The third kappa shape index (κ3) is 9.19. The van der Waals surface area contributed by atoms with Crippen LogP contribution in [0.1, 0.15) is 33.1 Å². The lowest BCUT2D eigenvalue weighted by Gasteiger charge is -2.13. The lowest BCUT2D eigenvalue weighted by atomic mass is 10.2. The molecule has 140 valence electrons. The Kier molecular flexibility index (Phi) is 12.7. The number of guanidine groups is 1. The molecule has 9 heteroatoms. The Labute approximate surface area is 166 Å². The summed E-state index contributed by atoms with van der Waals surface area (Å²) < 4.78 is 24.5. The van der Waals surface area contributed by atoms with Crippen LogP contribution < -0.4 is 10.6 Å². The fourth-order valence-electron chi connectivity index (χ4n) is 1.95. The largest absolute Gasteiger partial charge is 0.390 e. The van der Waals surface area contributed by atoms with E-state index in [0.717, 1.165) is 37.1 Å². The van der Waals surface area contributed by atoms with Gasteiger partial charge in [-0.05, 0) is 24.8 Å². The minimum atomic E-state index is -3.44. The highest BCUT2D eigenvalue weighted by molar-refractivity contribution is 14.0. The number of thiophene rings is 1. The van der Waals surface area contributed by atoms with Crippen molar-refractivity contribution < 1.29 is 13.5 Å². The van der Waals surface area contributed by atoms with Crippen LogP contribution in [0.5, 0.6) is 0 Å². The highest BCUT2D eigenvalue weighted by Crippen LogP contribution is 2.18. The quantitative estimate of drug-likeness (QED) is 0.203. The van der Waals surface area contributed by atoms with Crippen LogP contribution in [0.25, 0.3) is 0 Å².